The van der Waals surface area contributed by atoms with Gasteiger partial charge in [0.2, 0.25) is 0 Å². The molecule has 0 saturated heterocycles. The van der Waals surface area contributed by atoms with E-state index in [9.17, 15) is 0 Å². The first kappa shape index (κ1) is 14.1. The lowest BCUT2D eigenvalue weighted by molar-refractivity contribution is 0.190. The largest absolute Gasteiger partial charge is 0.309 e. The topological polar surface area (TPSA) is 12.0 Å². The van der Waals surface area contributed by atoms with Gasteiger partial charge in [0.15, 0.2) is 0 Å². The Morgan fingerprint density at radius 1 is 1.28 bits per heavy atom. The van der Waals surface area contributed by atoms with Crippen LogP contribution in [0.2, 0.25) is 0 Å². The zero-order valence-corrected chi connectivity index (χ0v) is 12.9. The molecule has 0 bridgehead atoms. The van der Waals surface area contributed by atoms with Crippen LogP contribution >= 0.6 is 11.3 Å². The van der Waals surface area contributed by atoms with E-state index < -0.39 is 0 Å². The van der Waals surface area contributed by atoms with Gasteiger partial charge in [-0.05, 0) is 56.7 Å². The average molecular weight is 265 g/mol. The van der Waals surface area contributed by atoms with Gasteiger partial charge in [-0.1, -0.05) is 26.7 Å². The first-order valence-corrected chi connectivity index (χ1v) is 8.33. The molecule has 1 aromatic heterocycles. The Balaban J connectivity index is 2.23. The fourth-order valence-corrected chi connectivity index (χ4v) is 4.54. The van der Waals surface area contributed by atoms with Gasteiger partial charge in [-0.2, -0.15) is 0 Å². The van der Waals surface area contributed by atoms with Gasteiger partial charge < -0.3 is 5.32 Å². The third-order valence-corrected chi connectivity index (χ3v) is 5.63. The lowest BCUT2D eigenvalue weighted by Crippen LogP contribution is -2.36. The van der Waals surface area contributed by atoms with Crippen molar-refractivity contribution in [2.24, 2.45) is 5.41 Å². The molecule has 1 N–H and O–H groups in total. The number of nitrogens with one attached hydrogen (secondary N) is 1. The molecule has 2 rings (SSSR count). The van der Waals surface area contributed by atoms with Crippen LogP contribution in [0.25, 0.3) is 0 Å². The molecule has 1 aliphatic rings. The standard InChI is InChI=1S/C16H27NS/c1-4-12-17-15(14-9-8-13(3)18-14)16(5-2)10-6-7-11-16/h8-9,15,17H,4-7,10-12H2,1-3H3. The van der Waals surface area contributed by atoms with Crippen LogP contribution in [-0.2, 0) is 0 Å². The summed E-state index contributed by atoms with van der Waals surface area (Å²) in [6.07, 6.45) is 8.18. The van der Waals surface area contributed by atoms with Crippen molar-refractivity contribution in [1.82, 2.24) is 5.32 Å². The highest BCUT2D eigenvalue weighted by Gasteiger charge is 2.40. The van der Waals surface area contributed by atoms with E-state index in [0.29, 0.717) is 11.5 Å². The number of hydrogen-bond acceptors (Lipinski definition) is 2. The second kappa shape index (κ2) is 6.21. The van der Waals surface area contributed by atoms with Crippen molar-refractivity contribution in [3.63, 3.8) is 0 Å². The summed E-state index contributed by atoms with van der Waals surface area (Å²) in [7, 11) is 0. The van der Waals surface area contributed by atoms with Gasteiger partial charge in [0.05, 0.1) is 0 Å². The Kier molecular flexibility index (Phi) is 4.85. The summed E-state index contributed by atoms with van der Waals surface area (Å²) in [6.45, 7) is 8.01. The quantitative estimate of drug-likeness (QED) is 0.757. The van der Waals surface area contributed by atoms with Crippen molar-refractivity contribution < 1.29 is 0 Å². The molecule has 1 atom stereocenters. The second-order valence-corrected chi connectivity index (χ2v) is 7.08. The number of rotatable bonds is 6. The van der Waals surface area contributed by atoms with Crippen molar-refractivity contribution >= 4 is 11.3 Å². The first-order valence-electron chi connectivity index (χ1n) is 7.51. The molecule has 0 radical (unpaired) electrons. The zero-order valence-electron chi connectivity index (χ0n) is 12.1. The number of aryl methyl sites for hydroxylation is 1. The molecule has 1 unspecified atom stereocenters. The summed E-state index contributed by atoms with van der Waals surface area (Å²) in [6, 6.07) is 5.21. The molecule has 2 heteroatoms. The first-order chi connectivity index (χ1) is 8.72. The van der Waals surface area contributed by atoms with E-state index in [4.69, 9.17) is 0 Å². The molecular formula is C16H27NS. The highest BCUT2D eigenvalue weighted by Crippen LogP contribution is 2.51. The molecule has 1 saturated carbocycles. The lowest BCUT2D eigenvalue weighted by Gasteiger charge is -2.37. The summed E-state index contributed by atoms with van der Waals surface area (Å²) in [5.74, 6) is 0. The van der Waals surface area contributed by atoms with Gasteiger partial charge in [-0.25, -0.2) is 0 Å². The summed E-state index contributed by atoms with van der Waals surface area (Å²) in [5.41, 5.74) is 0.520. The van der Waals surface area contributed by atoms with Crippen LogP contribution in [0.15, 0.2) is 12.1 Å². The summed E-state index contributed by atoms with van der Waals surface area (Å²) in [5, 5.41) is 3.84. The van der Waals surface area contributed by atoms with Crippen molar-refractivity contribution in [1.29, 1.82) is 0 Å². The summed E-state index contributed by atoms with van der Waals surface area (Å²) >= 11 is 1.98. The molecule has 0 amide bonds. The molecule has 0 aromatic carbocycles. The van der Waals surface area contributed by atoms with Crippen LogP contribution in [0.3, 0.4) is 0 Å². The molecule has 0 aliphatic heterocycles. The maximum atomic E-state index is 3.84. The second-order valence-electron chi connectivity index (χ2n) is 5.76. The van der Waals surface area contributed by atoms with Crippen molar-refractivity contribution in [2.45, 2.75) is 65.3 Å². The molecule has 1 heterocycles. The van der Waals surface area contributed by atoms with Crippen LogP contribution in [0.4, 0.5) is 0 Å². The Hall–Kier alpha value is -0.340. The minimum absolute atomic E-state index is 0.520. The van der Waals surface area contributed by atoms with Gasteiger partial charge >= 0.3 is 0 Å². The van der Waals surface area contributed by atoms with Crippen molar-refractivity contribution in [3.8, 4) is 0 Å². The summed E-state index contributed by atoms with van der Waals surface area (Å²) in [4.78, 5) is 3.00. The SMILES string of the molecule is CCCNC(c1ccc(C)s1)C1(CC)CCCC1. The highest BCUT2D eigenvalue weighted by atomic mass is 32.1. The van der Waals surface area contributed by atoms with Crippen LogP contribution in [0, 0.1) is 12.3 Å². The summed E-state index contributed by atoms with van der Waals surface area (Å²) < 4.78 is 0. The van der Waals surface area contributed by atoms with Gasteiger partial charge in [0.25, 0.3) is 0 Å². The normalized spacial score (nSPS) is 20.2. The maximum absolute atomic E-state index is 3.84. The van der Waals surface area contributed by atoms with Gasteiger partial charge in [0.1, 0.15) is 0 Å². The monoisotopic (exact) mass is 265 g/mol. The van der Waals surface area contributed by atoms with E-state index in [2.05, 4.69) is 38.2 Å². The Labute approximate surface area is 116 Å². The predicted molar refractivity (Wildman–Crippen MR) is 81.3 cm³/mol. The predicted octanol–water partition coefficient (Wildman–Crippen LogP) is 5.07. The molecule has 1 aromatic rings. The van der Waals surface area contributed by atoms with E-state index in [1.165, 1.54) is 43.4 Å². The smallest absolute Gasteiger partial charge is 0.0471 e. The Morgan fingerprint density at radius 3 is 2.50 bits per heavy atom. The minimum atomic E-state index is 0.520. The Morgan fingerprint density at radius 2 is 2.00 bits per heavy atom. The third-order valence-electron chi connectivity index (χ3n) is 4.56. The number of thiophene rings is 1. The van der Waals surface area contributed by atoms with E-state index >= 15 is 0 Å². The molecule has 102 valence electrons. The average Bonchev–Trinajstić information content (AvgIpc) is 3.00. The molecule has 1 aliphatic carbocycles. The molecule has 1 nitrogen and oxygen atoms in total. The number of hydrogen-bond donors (Lipinski definition) is 1. The Bertz CT molecular complexity index is 363. The van der Waals surface area contributed by atoms with Crippen molar-refractivity contribution in [2.75, 3.05) is 6.54 Å². The lowest BCUT2D eigenvalue weighted by atomic mass is 9.75. The van der Waals surface area contributed by atoms with Crippen LogP contribution in [-0.4, -0.2) is 6.54 Å². The maximum Gasteiger partial charge on any atom is 0.0471 e. The van der Waals surface area contributed by atoms with E-state index in [1.54, 1.807) is 4.88 Å². The van der Waals surface area contributed by atoms with Gasteiger partial charge in [-0.15, -0.1) is 11.3 Å². The van der Waals surface area contributed by atoms with E-state index in [0.717, 1.165) is 6.54 Å². The van der Waals surface area contributed by atoms with Crippen LogP contribution in [0.5, 0.6) is 0 Å². The molecule has 18 heavy (non-hydrogen) atoms. The van der Waals surface area contributed by atoms with Gasteiger partial charge in [0, 0.05) is 15.8 Å². The molecule has 0 spiro atoms. The minimum Gasteiger partial charge on any atom is -0.309 e. The molecule has 1 fully saturated rings. The van der Waals surface area contributed by atoms with E-state index in [-0.39, 0.29) is 0 Å². The zero-order chi connectivity index (χ0) is 13.0. The van der Waals surface area contributed by atoms with Crippen LogP contribution < -0.4 is 5.32 Å². The fraction of sp³-hybridized carbons (Fsp3) is 0.750. The van der Waals surface area contributed by atoms with Gasteiger partial charge in [-0.3, -0.25) is 0 Å². The molecular weight excluding hydrogens is 238 g/mol. The third kappa shape index (κ3) is 2.80. The van der Waals surface area contributed by atoms with Crippen molar-refractivity contribution in [3.05, 3.63) is 21.9 Å². The highest BCUT2D eigenvalue weighted by molar-refractivity contribution is 7.12. The van der Waals surface area contributed by atoms with E-state index in [1.807, 2.05) is 11.3 Å². The fourth-order valence-electron chi connectivity index (χ4n) is 3.44. The van der Waals surface area contributed by atoms with Crippen LogP contribution in [0.1, 0.15) is 68.2 Å².